The van der Waals surface area contributed by atoms with Crippen molar-refractivity contribution >= 4 is 17.3 Å². The molecular weight excluding hydrogens is 318 g/mol. The Bertz CT molecular complexity index is 732. The highest BCUT2D eigenvalue weighted by molar-refractivity contribution is 6.00. The summed E-state index contributed by atoms with van der Waals surface area (Å²) in [6.45, 7) is 0.772. The highest BCUT2D eigenvalue weighted by Gasteiger charge is 2.18. The molecule has 25 heavy (non-hydrogen) atoms. The second kappa shape index (κ2) is 8.82. The summed E-state index contributed by atoms with van der Waals surface area (Å²) in [5, 5.41) is 13.5. The number of nitro benzene ring substituents is 1. The first-order chi connectivity index (χ1) is 12.0. The Hall–Kier alpha value is -2.89. The molecule has 1 N–H and O–H groups in total. The van der Waals surface area contributed by atoms with E-state index >= 15 is 0 Å². The second-order valence-electron chi connectivity index (χ2n) is 5.90. The maximum atomic E-state index is 12.1. The molecular formula is C19H23N3O3. The Kier molecular flexibility index (Phi) is 6.51. The van der Waals surface area contributed by atoms with Gasteiger partial charge in [0.2, 0.25) is 0 Å². The molecule has 2 rings (SSSR count). The molecule has 0 radical (unpaired) electrons. The molecule has 6 heteroatoms. The summed E-state index contributed by atoms with van der Waals surface area (Å²) < 4.78 is 0. The summed E-state index contributed by atoms with van der Waals surface area (Å²) in [7, 11) is 3.42. The first-order valence-corrected chi connectivity index (χ1v) is 8.28. The zero-order valence-electron chi connectivity index (χ0n) is 14.6. The van der Waals surface area contributed by atoms with Gasteiger partial charge in [0.15, 0.2) is 0 Å². The van der Waals surface area contributed by atoms with Gasteiger partial charge in [-0.25, -0.2) is 0 Å². The Morgan fingerprint density at radius 1 is 1.16 bits per heavy atom. The second-order valence-corrected chi connectivity index (χ2v) is 5.90. The van der Waals surface area contributed by atoms with Crippen molar-refractivity contribution in [3.05, 3.63) is 69.8 Å². The number of carbonyl (C=O) groups excluding carboxylic acids is 1. The van der Waals surface area contributed by atoms with Gasteiger partial charge in [-0.1, -0.05) is 30.3 Å². The number of hydrogen-bond donors (Lipinski definition) is 1. The van der Waals surface area contributed by atoms with Crippen LogP contribution in [0.1, 0.15) is 28.8 Å². The van der Waals surface area contributed by atoms with Crippen LogP contribution in [0.5, 0.6) is 0 Å². The Labute approximate surface area is 147 Å². The van der Waals surface area contributed by atoms with E-state index in [1.165, 1.54) is 24.7 Å². The highest BCUT2D eigenvalue weighted by Crippen LogP contribution is 2.25. The lowest BCUT2D eigenvalue weighted by atomic mass is 10.1. The number of nitrogens with one attached hydrogen (secondary N) is 1. The normalized spacial score (nSPS) is 10.3. The SMILES string of the molecule is CNC(=O)c1cc([N+](=O)[O-])ccc1N(C)CCCCc1ccccc1. The lowest BCUT2D eigenvalue weighted by molar-refractivity contribution is -0.384. The molecule has 0 aliphatic rings. The van der Waals surface area contributed by atoms with E-state index in [9.17, 15) is 14.9 Å². The Balaban J connectivity index is 2.01. The maximum Gasteiger partial charge on any atom is 0.270 e. The molecule has 2 aromatic rings. The van der Waals surface area contributed by atoms with Crippen molar-refractivity contribution in [2.45, 2.75) is 19.3 Å². The van der Waals surface area contributed by atoms with Gasteiger partial charge in [-0.2, -0.15) is 0 Å². The van der Waals surface area contributed by atoms with Crippen molar-refractivity contribution in [2.75, 3.05) is 25.5 Å². The average Bonchev–Trinajstić information content (AvgIpc) is 2.64. The lowest BCUT2D eigenvalue weighted by Crippen LogP contribution is -2.25. The largest absolute Gasteiger partial charge is 0.374 e. The van der Waals surface area contributed by atoms with Gasteiger partial charge < -0.3 is 10.2 Å². The van der Waals surface area contributed by atoms with Crippen molar-refractivity contribution in [3.63, 3.8) is 0 Å². The zero-order valence-corrected chi connectivity index (χ0v) is 14.6. The molecule has 0 aromatic heterocycles. The molecule has 2 aromatic carbocycles. The van der Waals surface area contributed by atoms with Gasteiger partial charge in [-0.3, -0.25) is 14.9 Å². The number of carbonyl (C=O) groups is 1. The predicted octanol–water partition coefficient (Wildman–Crippen LogP) is 3.41. The van der Waals surface area contributed by atoms with Gasteiger partial charge >= 0.3 is 0 Å². The third-order valence-electron chi connectivity index (χ3n) is 4.13. The third-order valence-corrected chi connectivity index (χ3v) is 4.13. The number of unbranched alkanes of at least 4 members (excludes halogenated alkanes) is 1. The van der Waals surface area contributed by atoms with Crippen LogP contribution in [0.2, 0.25) is 0 Å². The molecule has 0 saturated heterocycles. The molecule has 0 bridgehead atoms. The fourth-order valence-electron chi connectivity index (χ4n) is 2.73. The van der Waals surface area contributed by atoms with Crippen molar-refractivity contribution in [2.24, 2.45) is 0 Å². The van der Waals surface area contributed by atoms with Gasteiger partial charge in [0.05, 0.1) is 10.5 Å². The summed E-state index contributed by atoms with van der Waals surface area (Å²) >= 11 is 0. The van der Waals surface area contributed by atoms with Crippen LogP contribution in [0.4, 0.5) is 11.4 Å². The number of non-ortho nitro benzene ring substituents is 1. The summed E-state index contributed by atoms with van der Waals surface area (Å²) in [6, 6.07) is 14.7. The molecule has 0 aliphatic carbocycles. The van der Waals surface area contributed by atoms with E-state index in [0.29, 0.717) is 11.3 Å². The van der Waals surface area contributed by atoms with Crippen LogP contribution in [0.3, 0.4) is 0 Å². The van der Waals surface area contributed by atoms with Gasteiger partial charge in [0, 0.05) is 38.5 Å². The van der Waals surface area contributed by atoms with Gasteiger partial charge in [-0.05, 0) is 30.9 Å². The Morgan fingerprint density at radius 3 is 2.52 bits per heavy atom. The first-order valence-electron chi connectivity index (χ1n) is 8.28. The molecule has 0 saturated carbocycles. The predicted molar refractivity (Wildman–Crippen MR) is 99.1 cm³/mol. The lowest BCUT2D eigenvalue weighted by Gasteiger charge is -2.22. The minimum atomic E-state index is -0.490. The molecule has 132 valence electrons. The van der Waals surface area contributed by atoms with Crippen molar-refractivity contribution in [1.82, 2.24) is 5.32 Å². The number of anilines is 1. The van der Waals surface area contributed by atoms with E-state index in [4.69, 9.17) is 0 Å². The molecule has 0 unspecified atom stereocenters. The van der Waals surface area contributed by atoms with E-state index in [1.54, 1.807) is 6.07 Å². The van der Waals surface area contributed by atoms with E-state index < -0.39 is 4.92 Å². The van der Waals surface area contributed by atoms with Gasteiger partial charge in [0.1, 0.15) is 0 Å². The third kappa shape index (κ3) is 5.04. The molecule has 0 aliphatic heterocycles. The fraction of sp³-hybridized carbons (Fsp3) is 0.316. The number of benzene rings is 2. The smallest absolute Gasteiger partial charge is 0.270 e. The zero-order chi connectivity index (χ0) is 18.2. The van der Waals surface area contributed by atoms with E-state index in [0.717, 1.165) is 25.8 Å². The topological polar surface area (TPSA) is 75.5 Å². The fourth-order valence-corrected chi connectivity index (χ4v) is 2.73. The summed E-state index contributed by atoms with van der Waals surface area (Å²) in [6.07, 6.45) is 3.02. The minimum Gasteiger partial charge on any atom is -0.374 e. The molecule has 6 nitrogen and oxygen atoms in total. The minimum absolute atomic E-state index is 0.0835. The maximum absolute atomic E-state index is 12.1. The van der Waals surface area contributed by atoms with Crippen molar-refractivity contribution < 1.29 is 9.72 Å². The van der Waals surface area contributed by atoms with Crippen molar-refractivity contribution in [3.8, 4) is 0 Å². The number of amides is 1. The van der Waals surface area contributed by atoms with Crippen molar-refractivity contribution in [1.29, 1.82) is 0 Å². The van der Waals surface area contributed by atoms with Crippen LogP contribution in [0, 0.1) is 10.1 Å². The van der Waals surface area contributed by atoms with Crippen LogP contribution in [0.25, 0.3) is 0 Å². The molecule has 0 spiro atoms. The molecule has 1 amide bonds. The highest BCUT2D eigenvalue weighted by atomic mass is 16.6. The van der Waals surface area contributed by atoms with Crippen LogP contribution in [-0.4, -0.2) is 31.5 Å². The molecule has 0 fully saturated rings. The monoisotopic (exact) mass is 341 g/mol. The van der Waals surface area contributed by atoms with Crippen LogP contribution < -0.4 is 10.2 Å². The number of nitro groups is 1. The van der Waals surface area contributed by atoms with E-state index in [-0.39, 0.29) is 11.6 Å². The number of hydrogen-bond acceptors (Lipinski definition) is 4. The van der Waals surface area contributed by atoms with Crippen LogP contribution >= 0.6 is 0 Å². The number of aryl methyl sites for hydroxylation is 1. The average molecular weight is 341 g/mol. The van der Waals surface area contributed by atoms with Gasteiger partial charge in [0.25, 0.3) is 11.6 Å². The quantitative estimate of drug-likeness (QED) is 0.453. The molecule has 0 heterocycles. The number of rotatable bonds is 8. The van der Waals surface area contributed by atoms with Gasteiger partial charge in [-0.15, -0.1) is 0 Å². The Morgan fingerprint density at radius 2 is 1.88 bits per heavy atom. The summed E-state index contributed by atoms with van der Waals surface area (Å²) in [5.41, 5.74) is 2.25. The summed E-state index contributed by atoms with van der Waals surface area (Å²) in [5.74, 6) is -0.324. The standard InChI is InChI=1S/C19H23N3O3/c1-20-19(23)17-14-16(22(24)25)11-12-18(17)21(2)13-7-6-10-15-8-4-3-5-9-15/h3-5,8-9,11-12,14H,6-7,10,13H2,1-2H3,(H,20,23). The van der Waals surface area contributed by atoms with E-state index in [1.807, 2.05) is 30.1 Å². The van der Waals surface area contributed by atoms with Crippen LogP contribution in [0.15, 0.2) is 48.5 Å². The van der Waals surface area contributed by atoms with Crippen LogP contribution in [-0.2, 0) is 6.42 Å². The summed E-state index contributed by atoms with van der Waals surface area (Å²) in [4.78, 5) is 24.5. The van der Waals surface area contributed by atoms with E-state index in [2.05, 4.69) is 17.4 Å². The number of nitrogens with zero attached hydrogens (tertiary/aromatic N) is 2. The first kappa shape index (κ1) is 18.4. The molecule has 0 atom stereocenters.